The quantitative estimate of drug-likeness (QED) is 0.940. The van der Waals surface area contributed by atoms with Gasteiger partial charge in [0.05, 0.1) is 17.2 Å². The van der Waals surface area contributed by atoms with Gasteiger partial charge in [0.25, 0.3) is 5.56 Å². The van der Waals surface area contributed by atoms with Crippen LogP contribution in [0.25, 0.3) is 10.9 Å². The number of aryl methyl sites for hydroxylation is 1. The summed E-state index contributed by atoms with van der Waals surface area (Å²) in [6.45, 7) is 2.89. The van der Waals surface area contributed by atoms with Crippen molar-refractivity contribution in [3.05, 3.63) is 39.4 Å². The third kappa shape index (κ3) is 2.20. The summed E-state index contributed by atoms with van der Waals surface area (Å²) in [6, 6.07) is 5.60. The molecule has 1 aromatic carbocycles. The number of aromatic nitrogens is 2. The van der Waals surface area contributed by atoms with Crippen molar-refractivity contribution in [2.24, 2.45) is 5.92 Å². The van der Waals surface area contributed by atoms with Crippen LogP contribution in [0.2, 0.25) is 0 Å². The minimum Gasteiger partial charge on any atom is -0.316 e. The second kappa shape index (κ2) is 4.82. The molecule has 1 aromatic heterocycles. The molecule has 1 aliphatic heterocycles. The highest BCUT2D eigenvalue weighted by molar-refractivity contribution is 9.10. The van der Waals surface area contributed by atoms with Crippen LogP contribution in [0.1, 0.15) is 6.42 Å². The zero-order chi connectivity index (χ0) is 12.5. The van der Waals surface area contributed by atoms with Gasteiger partial charge in [-0.25, -0.2) is 4.98 Å². The Morgan fingerprint density at radius 3 is 3.00 bits per heavy atom. The lowest BCUT2D eigenvalue weighted by Crippen LogP contribution is -2.42. The maximum absolute atomic E-state index is 12.3. The SMILES string of the molecule is O=c1c2cc(Br)ccc2ncn1CCC1CNC1. The van der Waals surface area contributed by atoms with Gasteiger partial charge < -0.3 is 5.32 Å². The molecule has 94 valence electrons. The summed E-state index contributed by atoms with van der Waals surface area (Å²) >= 11 is 3.39. The Morgan fingerprint density at radius 2 is 2.28 bits per heavy atom. The molecule has 0 spiro atoms. The number of halogens is 1. The maximum Gasteiger partial charge on any atom is 0.261 e. The predicted octanol–water partition coefficient (Wildman–Crippen LogP) is 1.77. The molecule has 2 heterocycles. The molecule has 5 heteroatoms. The van der Waals surface area contributed by atoms with Crippen LogP contribution >= 0.6 is 15.9 Å². The highest BCUT2D eigenvalue weighted by Crippen LogP contribution is 2.15. The van der Waals surface area contributed by atoms with Crippen molar-refractivity contribution in [1.82, 2.24) is 14.9 Å². The molecule has 1 saturated heterocycles. The van der Waals surface area contributed by atoms with Crippen LogP contribution in [-0.2, 0) is 6.54 Å². The van der Waals surface area contributed by atoms with Gasteiger partial charge in [-0.05, 0) is 43.6 Å². The van der Waals surface area contributed by atoms with E-state index < -0.39 is 0 Å². The van der Waals surface area contributed by atoms with Crippen molar-refractivity contribution in [3.8, 4) is 0 Å². The molecular weight excluding hydrogens is 294 g/mol. The Hall–Kier alpha value is -1.20. The minimum absolute atomic E-state index is 0.0496. The van der Waals surface area contributed by atoms with Gasteiger partial charge in [-0.3, -0.25) is 9.36 Å². The Morgan fingerprint density at radius 1 is 1.44 bits per heavy atom. The van der Waals surface area contributed by atoms with Crippen LogP contribution in [0.5, 0.6) is 0 Å². The number of nitrogens with one attached hydrogen (secondary N) is 1. The van der Waals surface area contributed by atoms with Gasteiger partial charge in [0.2, 0.25) is 0 Å². The van der Waals surface area contributed by atoms with E-state index in [2.05, 4.69) is 26.2 Å². The molecule has 3 rings (SSSR count). The van der Waals surface area contributed by atoms with Gasteiger partial charge in [-0.15, -0.1) is 0 Å². The summed E-state index contributed by atoms with van der Waals surface area (Å²) in [6.07, 6.45) is 2.69. The van der Waals surface area contributed by atoms with Crippen LogP contribution < -0.4 is 10.9 Å². The minimum atomic E-state index is 0.0496. The third-order valence-electron chi connectivity index (χ3n) is 3.43. The molecule has 0 atom stereocenters. The predicted molar refractivity (Wildman–Crippen MR) is 74.7 cm³/mol. The maximum atomic E-state index is 12.3. The van der Waals surface area contributed by atoms with Gasteiger partial charge in [-0.1, -0.05) is 15.9 Å². The van der Waals surface area contributed by atoms with E-state index in [4.69, 9.17) is 0 Å². The summed E-state index contributed by atoms with van der Waals surface area (Å²) in [7, 11) is 0. The van der Waals surface area contributed by atoms with Crippen molar-refractivity contribution in [2.75, 3.05) is 13.1 Å². The second-order valence-electron chi connectivity index (χ2n) is 4.72. The standard InChI is InChI=1S/C13H14BrN3O/c14-10-1-2-12-11(5-10)13(18)17(8-16-12)4-3-9-6-15-7-9/h1-2,5,8-9,15H,3-4,6-7H2. The van der Waals surface area contributed by atoms with Crippen LogP contribution in [-0.4, -0.2) is 22.6 Å². The molecule has 4 nitrogen and oxygen atoms in total. The first-order valence-electron chi connectivity index (χ1n) is 6.09. The van der Waals surface area contributed by atoms with Crippen LogP contribution in [0.3, 0.4) is 0 Å². The lowest BCUT2D eigenvalue weighted by atomic mass is 9.99. The lowest BCUT2D eigenvalue weighted by molar-refractivity contribution is 0.310. The summed E-state index contributed by atoms with van der Waals surface area (Å²) in [4.78, 5) is 16.6. The van der Waals surface area contributed by atoms with E-state index in [1.807, 2.05) is 18.2 Å². The van der Waals surface area contributed by atoms with Gasteiger partial charge in [0.1, 0.15) is 0 Å². The average molecular weight is 308 g/mol. The third-order valence-corrected chi connectivity index (χ3v) is 3.92. The topological polar surface area (TPSA) is 46.9 Å². The van der Waals surface area contributed by atoms with Gasteiger partial charge >= 0.3 is 0 Å². The smallest absolute Gasteiger partial charge is 0.261 e. The van der Waals surface area contributed by atoms with E-state index in [-0.39, 0.29) is 5.56 Å². The fourth-order valence-electron chi connectivity index (χ4n) is 2.16. The summed E-state index contributed by atoms with van der Waals surface area (Å²) in [5.41, 5.74) is 0.804. The molecule has 0 radical (unpaired) electrons. The Bertz CT molecular complexity index is 634. The molecule has 0 unspecified atom stereocenters. The van der Waals surface area contributed by atoms with Crippen molar-refractivity contribution in [3.63, 3.8) is 0 Å². The molecule has 0 amide bonds. The number of benzene rings is 1. The Kier molecular flexibility index (Phi) is 3.18. The zero-order valence-electron chi connectivity index (χ0n) is 9.90. The Labute approximate surface area is 113 Å². The van der Waals surface area contributed by atoms with Crippen molar-refractivity contribution in [1.29, 1.82) is 0 Å². The van der Waals surface area contributed by atoms with E-state index >= 15 is 0 Å². The molecule has 1 aliphatic rings. The highest BCUT2D eigenvalue weighted by atomic mass is 79.9. The zero-order valence-corrected chi connectivity index (χ0v) is 11.5. The fraction of sp³-hybridized carbons (Fsp3) is 0.385. The van der Waals surface area contributed by atoms with E-state index in [1.165, 1.54) is 0 Å². The normalized spacial score (nSPS) is 15.8. The number of fused-ring (bicyclic) bond motifs is 1. The molecule has 0 saturated carbocycles. The Balaban J connectivity index is 1.92. The molecule has 2 aromatic rings. The lowest BCUT2D eigenvalue weighted by Gasteiger charge is -2.27. The van der Waals surface area contributed by atoms with Gasteiger partial charge in [0, 0.05) is 11.0 Å². The first-order chi connectivity index (χ1) is 8.74. The van der Waals surface area contributed by atoms with Gasteiger partial charge in [0.15, 0.2) is 0 Å². The van der Waals surface area contributed by atoms with Crippen LogP contribution in [0.4, 0.5) is 0 Å². The molecule has 0 bridgehead atoms. The number of rotatable bonds is 3. The highest BCUT2D eigenvalue weighted by Gasteiger charge is 2.16. The monoisotopic (exact) mass is 307 g/mol. The molecule has 1 N–H and O–H groups in total. The van der Waals surface area contributed by atoms with Crippen molar-refractivity contribution in [2.45, 2.75) is 13.0 Å². The largest absolute Gasteiger partial charge is 0.316 e. The van der Waals surface area contributed by atoms with E-state index in [0.717, 1.165) is 36.0 Å². The number of hydrogen-bond donors (Lipinski definition) is 1. The summed E-state index contributed by atoms with van der Waals surface area (Å²) < 4.78 is 2.63. The molecule has 18 heavy (non-hydrogen) atoms. The second-order valence-corrected chi connectivity index (χ2v) is 5.63. The first-order valence-corrected chi connectivity index (χ1v) is 6.89. The van der Waals surface area contributed by atoms with Crippen molar-refractivity contribution < 1.29 is 0 Å². The van der Waals surface area contributed by atoms with E-state index in [9.17, 15) is 4.79 Å². The van der Waals surface area contributed by atoms with Crippen LogP contribution in [0.15, 0.2) is 33.8 Å². The van der Waals surface area contributed by atoms with Gasteiger partial charge in [-0.2, -0.15) is 0 Å². The number of nitrogens with zero attached hydrogens (tertiary/aromatic N) is 2. The molecule has 1 fully saturated rings. The van der Waals surface area contributed by atoms with Crippen LogP contribution in [0, 0.1) is 5.92 Å². The van der Waals surface area contributed by atoms with E-state index in [1.54, 1.807) is 10.9 Å². The van der Waals surface area contributed by atoms with Crippen molar-refractivity contribution >= 4 is 26.8 Å². The number of hydrogen-bond acceptors (Lipinski definition) is 3. The molecular formula is C13H14BrN3O. The fourth-order valence-corrected chi connectivity index (χ4v) is 2.53. The van der Waals surface area contributed by atoms with E-state index in [0.29, 0.717) is 11.3 Å². The first kappa shape index (κ1) is 11.9. The summed E-state index contributed by atoms with van der Waals surface area (Å²) in [5, 5.41) is 3.92. The molecule has 0 aliphatic carbocycles. The average Bonchev–Trinajstić information content (AvgIpc) is 2.31. The summed E-state index contributed by atoms with van der Waals surface area (Å²) in [5.74, 6) is 0.704.